The lowest BCUT2D eigenvalue weighted by Gasteiger charge is -2.03. The van der Waals surface area contributed by atoms with Gasteiger partial charge in [-0.05, 0) is 36.8 Å². The fourth-order valence-electron chi connectivity index (χ4n) is 1.80. The van der Waals surface area contributed by atoms with E-state index in [2.05, 4.69) is 0 Å². The molecule has 0 amide bonds. The summed E-state index contributed by atoms with van der Waals surface area (Å²) in [7, 11) is -1.32. The topological polar surface area (TPSA) is 34.1 Å². The van der Waals surface area contributed by atoms with Gasteiger partial charge in [0.25, 0.3) is 0 Å². The highest BCUT2D eigenvalue weighted by atomic mass is 32.2. The van der Waals surface area contributed by atoms with Crippen molar-refractivity contribution in [1.29, 1.82) is 0 Å². The molecule has 0 spiro atoms. The van der Waals surface area contributed by atoms with Crippen molar-refractivity contribution in [3.05, 3.63) is 65.5 Å². The molecule has 0 saturated carbocycles. The summed E-state index contributed by atoms with van der Waals surface area (Å²) in [6.45, 7) is 1.95. The van der Waals surface area contributed by atoms with Gasteiger partial charge in [-0.2, -0.15) is 0 Å². The van der Waals surface area contributed by atoms with E-state index in [-0.39, 0.29) is 23.8 Å². The summed E-state index contributed by atoms with van der Waals surface area (Å²) in [5.74, 6) is -0.458. The van der Waals surface area contributed by atoms with Crippen molar-refractivity contribution in [1.82, 2.24) is 0 Å². The molecule has 1 atom stereocenters. The third-order valence-electron chi connectivity index (χ3n) is 2.89. The molecule has 0 radical (unpaired) electrons. The second kappa shape index (κ2) is 6.57. The number of hydrogen-bond acceptors (Lipinski definition) is 2. The first-order chi connectivity index (χ1) is 9.54. The molecule has 0 saturated heterocycles. The Balaban J connectivity index is 1.95. The number of hydrogen-bond donors (Lipinski definition) is 0. The van der Waals surface area contributed by atoms with Crippen molar-refractivity contribution in [2.45, 2.75) is 18.2 Å². The molecule has 0 aliphatic heterocycles. The van der Waals surface area contributed by atoms with E-state index in [0.717, 1.165) is 11.1 Å². The summed E-state index contributed by atoms with van der Waals surface area (Å²) in [4.78, 5) is 12.5. The van der Waals surface area contributed by atoms with Crippen LogP contribution in [0.25, 0.3) is 0 Å². The van der Waals surface area contributed by atoms with Gasteiger partial charge in [-0.1, -0.05) is 29.8 Å². The van der Waals surface area contributed by atoms with Crippen LogP contribution in [0, 0.1) is 12.7 Å². The van der Waals surface area contributed by atoms with Crippen LogP contribution in [0.3, 0.4) is 0 Å². The molecular formula is C16H15FO2S. The van der Waals surface area contributed by atoms with Gasteiger partial charge in [0.15, 0.2) is 0 Å². The molecule has 2 nitrogen and oxygen atoms in total. The molecule has 0 aliphatic carbocycles. The SMILES string of the molecule is Cc1ccc(S(=O)CC(=O)Cc2ccc(F)cc2)cc1. The summed E-state index contributed by atoms with van der Waals surface area (Å²) < 4.78 is 24.8. The Kier molecular flexibility index (Phi) is 4.79. The minimum atomic E-state index is -1.32. The normalized spacial score (nSPS) is 12.1. The molecule has 0 aliphatic rings. The minimum absolute atomic E-state index is 0.0135. The maximum atomic E-state index is 12.8. The van der Waals surface area contributed by atoms with Crippen LogP contribution in [-0.2, 0) is 22.0 Å². The highest BCUT2D eigenvalue weighted by molar-refractivity contribution is 7.85. The van der Waals surface area contributed by atoms with E-state index in [4.69, 9.17) is 0 Å². The van der Waals surface area contributed by atoms with Crippen molar-refractivity contribution >= 4 is 16.6 Å². The Labute approximate surface area is 120 Å². The number of halogens is 1. The Bertz CT molecular complexity index is 618. The van der Waals surface area contributed by atoms with E-state index < -0.39 is 10.8 Å². The summed E-state index contributed by atoms with van der Waals surface area (Å²) in [5, 5.41) is 0. The lowest BCUT2D eigenvalue weighted by Crippen LogP contribution is -2.13. The predicted octanol–water partition coefficient (Wildman–Crippen LogP) is 3.05. The minimum Gasteiger partial charge on any atom is -0.298 e. The second-order valence-corrected chi connectivity index (χ2v) is 6.10. The fraction of sp³-hybridized carbons (Fsp3) is 0.188. The summed E-state index contributed by atoms with van der Waals surface area (Å²) in [5.41, 5.74) is 1.82. The number of rotatable bonds is 5. The average molecular weight is 290 g/mol. The van der Waals surface area contributed by atoms with Gasteiger partial charge in [0.1, 0.15) is 11.6 Å². The maximum absolute atomic E-state index is 12.8. The van der Waals surface area contributed by atoms with Crippen molar-refractivity contribution < 1.29 is 13.4 Å². The number of aryl methyl sites for hydroxylation is 1. The first kappa shape index (κ1) is 14.6. The third kappa shape index (κ3) is 4.10. The Morgan fingerprint density at radius 3 is 2.25 bits per heavy atom. The first-order valence-corrected chi connectivity index (χ1v) is 7.57. The van der Waals surface area contributed by atoms with E-state index in [9.17, 15) is 13.4 Å². The van der Waals surface area contributed by atoms with Crippen molar-refractivity contribution in [3.63, 3.8) is 0 Å². The van der Waals surface area contributed by atoms with Crippen molar-refractivity contribution in [2.75, 3.05) is 5.75 Å². The van der Waals surface area contributed by atoms with Crippen LogP contribution in [0.15, 0.2) is 53.4 Å². The van der Waals surface area contributed by atoms with Gasteiger partial charge in [-0.3, -0.25) is 9.00 Å². The number of ketones is 1. The molecule has 0 heterocycles. The molecule has 20 heavy (non-hydrogen) atoms. The van der Waals surface area contributed by atoms with Crippen LogP contribution in [0.4, 0.5) is 4.39 Å². The van der Waals surface area contributed by atoms with Gasteiger partial charge >= 0.3 is 0 Å². The zero-order valence-corrected chi connectivity index (χ0v) is 12.0. The number of carbonyl (C=O) groups is 1. The van der Waals surface area contributed by atoms with E-state index in [1.54, 1.807) is 24.3 Å². The van der Waals surface area contributed by atoms with Crippen LogP contribution in [0.2, 0.25) is 0 Å². The third-order valence-corrected chi connectivity index (χ3v) is 4.27. The molecule has 0 N–H and O–H groups in total. The maximum Gasteiger partial charge on any atom is 0.150 e. The average Bonchev–Trinajstić information content (AvgIpc) is 2.42. The fourth-order valence-corrected chi connectivity index (χ4v) is 2.80. The van der Waals surface area contributed by atoms with Gasteiger partial charge in [0.05, 0.1) is 16.6 Å². The molecule has 0 bridgehead atoms. The highest BCUT2D eigenvalue weighted by Crippen LogP contribution is 2.10. The number of benzene rings is 2. The first-order valence-electron chi connectivity index (χ1n) is 6.26. The zero-order chi connectivity index (χ0) is 14.5. The quantitative estimate of drug-likeness (QED) is 0.848. The standard InChI is InChI=1S/C16H15FO2S/c1-12-2-8-16(9-3-12)20(19)11-15(18)10-13-4-6-14(17)7-5-13/h2-9H,10-11H2,1H3. The number of carbonyl (C=O) groups excluding carboxylic acids is 1. The van der Waals surface area contributed by atoms with Crippen LogP contribution >= 0.6 is 0 Å². The zero-order valence-electron chi connectivity index (χ0n) is 11.1. The lowest BCUT2D eigenvalue weighted by atomic mass is 10.1. The summed E-state index contributed by atoms with van der Waals surface area (Å²) >= 11 is 0. The molecule has 2 rings (SSSR count). The smallest absolute Gasteiger partial charge is 0.150 e. The molecule has 4 heteroatoms. The Hall–Kier alpha value is -1.81. The van der Waals surface area contributed by atoms with Gasteiger partial charge in [0.2, 0.25) is 0 Å². The molecule has 104 valence electrons. The lowest BCUT2D eigenvalue weighted by molar-refractivity contribution is -0.116. The molecule has 0 aromatic heterocycles. The predicted molar refractivity (Wildman–Crippen MR) is 77.6 cm³/mol. The van der Waals surface area contributed by atoms with E-state index in [1.165, 1.54) is 12.1 Å². The molecule has 0 fully saturated rings. The van der Waals surface area contributed by atoms with E-state index in [1.807, 2.05) is 19.1 Å². The van der Waals surface area contributed by atoms with Gasteiger partial charge in [-0.25, -0.2) is 4.39 Å². The molecule has 2 aromatic rings. The molecule has 1 unspecified atom stereocenters. The van der Waals surface area contributed by atoms with Crippen LogP contribution in [0.5, 0.6) is 0 Å². The highest BCUT2D eigenvalue weighted by Gasteiger charge is 2.11. The van der Waals surface area contributed by atoms with Gasteiger partial charge in [-0.15, -0.1) is 0 Å². The van der Waals surface area contributed by atoms with Gasteiger partial charge < -0.3 is 0 Å². The Morgan fingerprint density at radius 2 is 1.65 bits per heavy atom. The Morgan fingerprint density at radius 1 is 1.05 bits per heavy atom. The largest absolute Gasteiger partial charge is 0.298 e. The molecule has 2 aromatic carbocycles. The number of Topliss-reactive ketones (excluding diaryl/α,β-unsaturated/α-hetero) is 1. The van der Waals surface area contributed by atoms with Crippen molar-refractivity contribution in [2.24, 2.45) is 0 Å². The summed E-state index contributed by atoms with van der Waals surface area (Å²) in [6, 6.07) is 13.1. The monoisotopic (exact) mass is 290 g/mol. The van der Waals surface area contributed by atoms with Crippen LogP contribution in [-0.4, -0.2) is 15.7 Å². The molecular weight excluding hydrogens is 275 g/mol. The van der Waals surface area contributed by atoms with E-state index in [0.29, 0.717) is 4.90 Å². The van der Waals surface area contributed by atoms with Gasteiger partial charge in [0, 0.05) is 11.3 Å². The van der Waals surface area contributed by atoms with Crippen LogP contribution < -0.4 is 0 Å². The van der Waals surface area contributed by atoms with E-state index >= 15 is 0 Å². The second-order valence-electron chi connectivity index (χ2n) is 4.64. The van der Waals surface area contributed by atoms with Crippen molar-refractivity contribution in [3.8, 4) is 0 Å². The summed E-state index contributed by atoms with van der Waals surface area (Å²) in [6.07, 6.45) is 0.178. The van der Waals surface area contributed by atoms with Crippen LogP contribution in [0.1, 0.15) is 11.1 Å².